The molecule has 0 aliphatic heterocycles. The summed E-state index contributed by atoms with van der Waals surface area (Å²) in [6.07, 6.45) is 12.2. The first-order valence-electron chi connectivity index (χ1n) is 7.54. The van der Waals surface area contributed by atoms with E-state index in [4.69, 9.17) is 0 Å². The Morgan fingerprint density at radius 2 is 1.81 bits per heavy atom. The van der Waals surface area contributed by atoms with E-state index >= 15 is 0 Å². The van der Waals surface area contributed by atoms with Crippen LogP contribution in [0.4, 0.5) is 0 Å². The van der Waals surface area contributed by atoms with Gasteiger partial charge in [-0.15, -0.1) is 0 Å². The van der Waals surface area contributed by atoms with E-state index in [1.54, 1.807) is 19.3 Å². The second-order valence-electron chi connectivity index (χ2n) is 6.89. The van der Waals surface area contributed by atoms with E-state index in [1.165, 1.54) is 38.0 Å². The number of hydrogen-bond acceptors (Lipinski definition) is 0. The normalized spacial score (nSPS) is 47.1. The molecular formula is C16H24. The molecule has 0 heteroatoms. The van der Waals surface area contributed by atoms with Crippen molar-refractivity contribution in [1.29, 1.82) is 0 Å². The van der Waals surface area contributed by atoms with E-state index in [9.17, 15) is 0 Å². The van der Waals surface area contributed by atoms with Gasteiger partial charge in [0.15, 0.2) is 0 Å². The van der Waals surface area contributed by atoms with Crippen LogP contribution in [0.15, 0.2) is 11.1 Å². The van der Waals surface area contributed by atoms with Crippen molar-refractivity contribution < 1.29 is 0 Å². The molecule has 4 rings (SSSR count). The Bertz CT molecular complexity index is 334. The predicted molar refractivity (Wildman–Crippen MR) is 67.1 cm³/mol. The molecule has 88 valence electrons. The van der Waals surface area contributed by atoms with Gasteiger partial charge in [-0.05, 0) is 81.5 Å². The van der Waals surface area contributed by atoms with Crippen LogP contribution in [0.25, 0.3) is 0 Å². The molecule has 4 aliphatic carbocycles. The van der Waals surface area contributed by atoms with E-state index in [0.29, 0.717) is 0 Å². The van der Waals surface area contributed by atoms with Gasteiger partial charge in [0.2, 0.25) is 0 Å². The van der Waals surface area contributed by atoms with Crippen molar-refractivity contribution in [3.05, 3.63) is 11.1 Å². The Morgan fingerprint density at radius 3 is 2.62 bits per heavy atom. The maximum absolute atomic E-state index is 2.50. The third kappa shape index (κ3) is 1.41. The van der Waals surface area contributed by atoms with Gasteiger partial charge in [-0.3, -0.25) is 0 Å². The molecule has 0 aromatic rings. The maximum Gasteiger partial charge on any atom is -0.0169 e. The lowest BCUT2D eigenvalue weighted by Gasteiger charge is -2.29. The number of hydrogen-bond donors (Lipinski definition) is 0. The molecule has 16 heavy (non-hydrogen) atoms. The van der Waals surface area contributed by atoms with Gasteiger partial charge < -0.3 is 0 Å². The van der Waals surface area contributed by atoms with E-state index in [-0.39, 0.29) is 0 Å². The summed E-state index contributed by atoms with van der Waals surface area (Å²) in [7, 11) is 0. The van der Waals surface area contributed by atoms with Crippen molar-refractivity contribution in [1.82, 2.24) is 0 Å². The van der Waals surface area contributed by atoms with Gasteiger partial charge in [0, 0.05) is 0 Å². The highest BCUT2D eigenvalue weighted by atomic mass is 14.6. The van der Waals surface area contributed by atoms with Crippen LogP contribution in [0.5, 0.6) is 0 Å². The van der Waals surface area contributed by atoms with E-state index in [0.717, 1.165) is 23.7 Å². The first-order chi connectivity index (χ1) is 7.84. The summed E-state index contributed by atoms with van der Waals surface area (Å²) in [6.45, 7) is 2.50. The molecule has 4 atom stereocenters. The van der Waals surface area contributed by atoms with Gasteiger partial charge in [0.1, 0.15) is 0 Å². The Morgan fingerprint density at radius 1 is 0.938 bits per heavy atom. The second-order valence-corrected chi connectivity index (χ2v) is 6.89. The number of fused-ring (bicyclic) bond motifs is 3. The summed E-state index contributed by atoms with van der Waals surface area (Å²) in [4.78, 5) is 0. The standard InChI is InChI=1S/C16H24/c1-10-13(11-6-7-11)4-2-3-5-14-15(10)8-12-9-16(12)14/h11-12,14-16H,2-9H2,1H3. The minimum Gasteiger partial charge on any atom is -0.0704 e. The van der Waals surface area contributed by atoms with Crippen LogP contribution >= 0.6 is 0 Å². The zero-order valence-corrected chi connectivity index (χ0v) is 10.5. The third-order valence-corrected chi connectivity index (χ3v) is 5.97. The van der Waals surface area contributed by atoms with Crippen LogP contribution in [0.3, 0.4) is 0 Å². The minimum absolute atomic E-state index is 1.03. The molecule has 0 amide bonds. The fourth-order valence-corrected chi connectivity index (χ4v) is 4.87. The fraction of sp³-hybridized carbons (Fsp3) is 0.875. The van der Waals surface area contributed by atoms with Crippen LogP contribution in [0, 0.1) is 29.6 Å². The van der Waals surface area contributed by atoms with Crippen LogP contribution in [-0.4, -0.2) is 0 Å². The zero-order chi connectivity index (χ0) is 10.7. The van der Waals surface area contributed by atoms with Crippen LogP contribution in [-0.2, 0) is 0 Å². The lowest BCUT2D eigenvalue weighted by Crippen LogP contribution is -2.17. The van der Waals surface area contributed by atoms with E-state index in [2.05, 4.69) is 6.92 Å². The number of allylic oxidation sites excluding steroid dienone is 2. The largest absolute Gasteiger partial charge is 0.0704 e. The molecule has 0 radical (unpaired) electrons. The molecule has 0 nitrogen and oxygen atoms in total. The van der Waals surface area contributed by atoms with Gasteiger partial charge in [-0.2, -0.15) is 0 Å². The van der Waals surface area contributed by atoms with Crippen LogP contribution in [0.2, 0.25) is 0 Å². The summed E-state index contributed by atoms with van der Waals surface area (Å²) >= 11 is 0. The Labute approximate surface area is 99.5 Å². The van der Waals surface area contributed by atoms with Crippen molar-refractivity contribution in [2.75, 3.05) is 0 Å². The van der Waals surface area contributed by atoms with Crippen molar-refractivity contribution in [3.63, 3.8) is 0 Å². The fourth-order valence-electron chi connectivity index (χ4n) is 4.87. The van der Waals surface area contributed by atoms with Crippen LogP contribution < -0.4 is 0 Å². The highest BCUT2D eigenvalue weighted by Gasteiger charge is 2.53. The highest BCUT2D eigenvalue weighted by Crippen LogP contribution is 2.62. The van der Waals surface area contributed by atoms with Gasteiger partial charge in [-0.25, -0.2) is 0 Å². The quantitative estimate of drug-likeness (QED) is 0.564. The molecular weight excluding hydrogens is 192 g/mol. The van der Waals surface area contributed by atoms with Crippen molar-refractivity contribution in [2.45, 2.75) is 58.3 Å². The average Bonchev–Trinajstić information content (AvgIpc) is 3.15. The molecule has 0 aromatic heterocycles. The Balaban J connectivity index is 1.67. The topological polar surface area (TPSA) is 0 Å². The molecule has 0 aromatic carbocycles. The summed E-state index contributed by atoms with van der Waals surface area (Å²) in [6, 6.07) is 0. The highest BCUT2D eigenvalue weighted by molar-refractivity contribution is 5.26. The molecule has 0 bridgehead atoms. The maximum atomic E-state index is 2.50. The van der Waals surface area contributed by atoms with Gasteiger partial charge in [-0.1, -0.05) is 17.6 Å². The van der Waals surface area contributed by atoms with Crippen LogP contribution in [0.1, 0.15) is 58.3 Å². The first-order valence-corrected chi connectivity index (χ1v) is 7.54. The summed E-state index contributed by atoms with van der Waals surface area (Å²) in [5, 5.41) is 0. The monoisotopic (exact) mass is 216 g/mol. The Kier molecular flexibility index (Phi) is 2.05. The third-order valence-electron chi connectivity index (χ3n) is 5.97. The summed E-state index contributed by atoms with van der Waals surface area (Å²) < 4.78 is 0. The molecule has 0 saturated heterocycles. The molecule has 0 spiro atoms. The lowest BCUT2D eigenvalue weighted by atomic mass is 9.77. The van der Waals surface area contributed by atoms with Gasteiger partial charge >= 0.3 is 0 Å². The number of rotatable bonds is 1. The summed E-state index contributed by atoms with van der Waals surface area (Å²) in [5.74, 6) is 5.50. The molecule has 4 aliphatic rings. The van der Waals surface area contributed by atoms with Gasteiger partial charge in [0.05, 0.1) is 0 Å². The zero-order valence-electron chi connectivity index (χ0n) is 10.5. The Hall–Kier alpha value is -0.260. The minimum atomic E-state index is 1.03. The SMILES string of the molecule is CC1=C(C2CC2)CCCCC2C1CC1CC12. The second kappa shape index (κ2) is 3.37. The molecule has 0 N–H and O–H groups in total. The van der Waals surface area contributed by atoms with E-state index < -0.39 is 0 Å². The van der Waals surface area contributed by atoms with Crippen molar-refractivity contribution >= 4 is 0 Å². The van der Waals surface area contributed by atoms with E-state index in [1.807, 2.05) is 11.1 Å². The lowest BCUT2D eigenvalue weighted by molar-refractivity contribution is 0.331. The average molecular weight is 216 g/mol. The molecule has 4 unspecified atom stereocenters. The van der Waals surface area contributed by atoms with Crippen molar-refractivity contribution in [3.8, 4) is 0 Å². The molecule has 3 saturated carbocycles. The smallest absolute Gasteiger partial charge is 0.0169 e. The molecule has 3 fully saturated rings. The first kappa shape index (κ1) is 9.74. The van der Waals surface area contributed by atoms with Crippen molar-refractivity contribution in [2.24, 2.45) is 29.6 Å². The predicted octanol–water partition coefficient (Wildman–Crippen LogP) is 4.56. The molecule has 0 heterocycles. The summed E-state index contributed by atoms with van der Waals surface area (Å²) in [5.41, 5.74) is 3.80. The van der Waals surface area contributed by atoms with Gasteiger partial charge in [0.25, 0.3) is 0 Å².